The van der Waals surface area contributed by atoms with Crippen molar-refractivity contribution in [2.75, 3.05) is 16.3 Å². The molecule has 0 heterocycles. The molecule has 0 unspecified atom stereocenters. The minimum atomic E-state index is -4.09. The molecule has 0 aliphatic heterocycles. The van der Waals surface area contributed by atoms with Gasteiger partial charge in [0.2, 0.25) is 0 Å². The molecule has 0 atom stereocenters. The number of anilines is 2. The Bertz CT molecular complexity index is 1310. The number of nitrogens with one attached hydrogen (secondary N) is 2. The van der Waals surface area contributed by atoms with Crippen molar-refractivity contribution in [2.45, 2.75) is 9.79 Å². The van der Waals surface area contributed by atoms with Crippen LogP contribution in [-0.2, 0) is 19.9 Å². The van der Waals surface area contributed by atoms with E-state index in [0.717, 1.165) is 12.3 Å². The van der Waals surface area contributed by atoms with E-state index in [-0.39, 0.29) is 26.7 Å². The van der Waals surface area contributed by atoms with E-state index < -0.39 is 31.6 Å². The lowest BCUT2D eigenvalue weighted by Gasteiger charge is -2.11. The Morgan fingerprint density at radius 1 is 0.833 bits per heavy atom. The van der Waals surface area contributed by atoms with Gasteiger partial charge in [0.05, 0.1) is 15.5 Å². The summed E-state index contributed by atoms with van der Waals surface area (Å²) in [7, 11) is -7.48. The van der Waals surface area contributed by atoms with Crippen molar-refractivity contribution in [1.29, 1.82) is 0 Å². The first kappa shape index (κ1) is 21.5. The first-order valence-electron chi connectivity index (χ1n) is 8.55. The average molecular weight is 448 g/mol. The van der Waals surface area contributed by atoms with Crippen LogP contribution in [0.5, 0.6) is 0 Å². The summed E-state index contributed by atoms with van der Waals surface area (Å²) >= 11 is 0. The van der Waals surface area contributed by atoms with Crippen LogP contribution in [-0.4, -0.2) is 29.0 Å². The molecule has 3 rings (SSSR count). The molecule has 0 fully saturated rings. The van der Waals surface area contributed by atoms with Gasteiger partial charge in [0, 0.05) is 17.5 Å². The predicted octanol–water partition coefficient (Wildman–Crippen LogP) is 3.28. The van der Waals surface area contributed by atoms with E-state index in [1.54, 1.807) is 0 Å². The maximum Gasteiger partial charge on any atom is 0.262 e. The van der Waals surface area contributed by atoms with Crippen molar-refractivity contribution in [3.05, 3.63) is 84.2 Å². The fourth-order valence-electron chi connectivity index (χ4n) is 2.55. The Balaban J connectivity index is 1.80. The van der Waals surface area contributed by atoms with Crippen LogP contribution in [0, 0.1) is 5.82 Å². The maximum atomic E-state index is 13.8. The third-order valence-corrected chi connectivity index (χ3v) is 6.56. The molecule has 0 aliphatic carbocycles. The number of benzene rings is 3. The van der Waals surface area contributed by atoms with Gasteiger partial charge in [-0.25, -0.2) is 21.2 Å². The lowest BCUT2D eigenvalue weighted by atomic mass is 10.2. The summed E-state index contributed by atoms with van der Waals surface area (Å²) in [6, 6.07) is 16.1. The summed E-state index contributed by atoms with van der Waals surface area (Å²) in [4.78, 5) is 12.3. The van der Waals surface area contributed by atoms with E-state index in [4.69, 9.17) is 0 Å². The maximum absolute atomic E-state index is 13.8. The Kier molecular flexibility index (Phi) is 5.90. The van der Waals surface area contributed by atoms with E-state index in [2.05, 4.69) is 10.0 Å². The third-order valence-electron chi connectivity index (χ3n) is 4.07. The van der Waals surface area contributed by atoms with Crippen LogP contribution in [0.15, 0.2) is 82.6 Å². The number of hydrogen-bond donors (Lipinski definition) is 2. The van der Waals surface area contributed by atoms with Gasteiger partial charge in [0.1, 0.15) is 5.82 Å². The van der Waals surface area contributed by atoms with E-state index in [0.29, 0.717) is 0 Å². The summed E-state index contributed by atoms with van der Waals surface area (Å²) in [5, 5.41) is 2.55. The zero-order valence-corrected chi connectivity index (χ0v) is 17.3. The highest BCUT2D eigenvalue weighted by Gasteiger charge is 2.17. The first-order chi connectivity index (χ1) is 14.1. The molecule has 3 aromatic rings. The van der Waals surface area contributed by atoms with Crippen molar-refractivity contribution in [2.24, 2.45) is 0 Å². The number of sulfonamides is 1. The molecule has 2 N–H and O–H groups in total. The van der Waals surface area contributed by atoms with Crippen molar-refractivity contribution >= 4 is 37.1 Å². The Labute approximate surface area is 173 Å². The Hall–Kier alpha value is -3.24. The lowest BCUT2D eigenvalue weighted by Crippen LogP contribution is -2.15. The quantitative estimate of drug-likeness (QED) is 0.601. The summed E-state index contributed by atoms with van der Waals surface area (Å²) in [5.41, 5.74) is 0.196. The van der Waals surface area contributed by atoms with E-state index in [1.807, 2.05) is 0 Å². The highest BCUT2D eigenvalue weighted by Crippen LogP contribution is 2.21. The number of carbonyl (C=O) groups is 1. The lowest BCUT2D eigenvalue weighted by molar-refractivity contribution is 0.102. The van der Waals surface area contributed by atoms with Crippen molar-refractivity contribution < 1.29 is 26.0 Å². The number of rotatable bonds is 6. The fourth-order valence-corrected chi connectivity index (χ4v) is 4.29. The molecule has 3 aromatic carbocycles. The van der Waals surface area contributed by atoms with Crippen LogP contribution in [0.25, 0.3) is 0 Å². The van der Waals surface area contributed by atoms with Gasteiger partial charge in [-0.1, -0.05) is 18.2 Å². The zero-order valence-electron chi connectivity index (χ0n) is 15.7. The molecule has 0 saturated heterocycles. The van der Waals surface area contributed by atoms with Gasteiger partial charge < -0.3 is 5.32 Å². The third kappa shape index (κ3) is 5.02. The smallest absolute Gasteiger partial charge is 0.262 e. The summed E-state index contributed by atoms with van der Waals surface area (Å²) < 4.78 is 64.0. The monoisotopic (exact) mass is 448 g/mol. The topological polar surface area (TPSA) is 109 Å². The minimum absolute atomic E-state index is 0.0753. The van der Waals surface area contributed by atoms with E-state index in [9.17, 15) is 26.0 Å². The van der Waals surface area contributed by atoms with Gasteiger partial charge in [0.25, 0.3) is 15.9 Å². The molecular weight excluding hydrogens is 431 g/mol. The number of sulfone groups is 1. The Morgan fingerprint density at radius 2 is 1.50 bits per heavy atom. The van der Waals surface area contributed by atoms with Gasteiger partial charge in [-0.2, -0.15) is 0 Å². The predicted molar refractivity (Wildman–Crippen MR) is 111 cm³/mol. The molecule has 10 heteroatoms. The second-order valence-electron chi connectivity index (χ2n) is 6.36. The standard InChI is InChI=1S/C20H17FN2O5S2/c1-29(25,26)16-11-9-14(10-12-16)20(24)22-15-5-4-6-17(13-15)30(27,28)23-19-8-3-2-7-18(19)21/h2-13,23H,1H3,(H,22,24). The van der Waals surface area contributed by atoms with Crippen molar-refractivity contribution in [1.82, 2.24) is 0 Å². The van der Waals surface area contributed by atoms with Crippen LogP contribution >= 0.6 is 0 Å². The molecule has 0 radical (unpaired) electrons. The minimum Gasteiger partial charge on any atom is -0.322 e. The van der Waals surface area contributed by atoms with Gasteiger partial charge in [-0.15, -0.1) is 0 Å². The molecule has 30 heavy (non-hydrogen) atoms. The molecule has 0 bridgehead atoms. The van der Waals surface area contributed by atoms with Crippen LogP contribution in [0.1, 0.15) is 10.4 Å². The molecule has 156 valence electrons. The van der Waals surface area contributed by atoms with Crippen LogP contribution < -0.4 is 10.0 Å². The highest BCUT2D eigenvalue weighted by molar-refractivity contribution is 7.92. The van der Waals surface area contributed by atoms with Gasteiger partial charge in [-0.05, 0) is 54.6 Å². The summed E-state index contributed by atoms with van der Waals surface area (Å²) in [6.45, 7) is 0. The number of carbonyl (C=O) groups excluding carboxylic acids is 1. The molecular formula is C20H17FN2O5S2. The Morgan fingerprint density at radius 3 is 2.13 bits per heavy atom. The normalized spacial score (nSPS) is 11.7. The largest absolute Gasteiger partial charge is 0.322 e. The number of amides is 1. The molecule has 0 spiro atoms. The van der Waals surface area contributed by atoms with Crippen molar-refractivity contribution in [3.8, 4) is 0 Å². The average Bonchev–Trinajstić information content (AvgIpc) is 2.69. The molecule has 0 aromatic heterocycles. The summed E-state index contributed by atoms with van der Waals surface area (Å²) in [6.07, 6.45) is 1.06. The van der Waals surface area contributed by atoms with E-state index in [1.165, 1.54) is 66.7 Å². The molecule has 0 saturated carbocycles. The van der Waals surface area contributed by atoms with E-state index >= 15 is 0 Å². The van der Waals surface area contributed by atoms with Gasteiger partial charge in [0.15, 0.2) is 9.84 Å². The zero-order chi connectivity index (χ0) is 21.9. The number of halogens is 1. The SMILES string of the molecule is CS(=O)(=O)c1ccc(C(=O)Nc2cccc(S(=O)(=O)Nc3ccccc3F)c2)cc1. The van der Waals surface area contributed by atoms with Gasteiger partial charge >= 0.3 is 0 Å². The van der Waals surface area contributed by atoms with Crippen LogP contribution in [0.4, 0.5) is 15.8 Å². The highest BCUT2D eigenvalue weighted by atomic mass is 32.2. The second kappa shape index (κ2) is 8.25. The van der Waals surface area contributed by atoms with Crippen LogP contribution in [0.2, 0.25) is 0 Å². The number of para-hydroxylation sites is 1. The van der Waals surface area contributed by atoms with Gasteiger partial charge in [-0.3, -0.25) is 9.52 Å². The fraction of sp³-hybridized carbons (Fsp3) is 0.0500. The summed E-state index contributed by atoms with van der Waals surface area (Å²) in [5.74, 6) is -1.27. The van der Waals surface area contributed by atoms with Crippen LogP contribution in [0.3, 0.4) is 0 Å². The molecule has 0 aliphatic rings. The first-order valence-corrected chi connectivity index (χ1v) is 11.9. The molecule has 1 amide bonds. The second-order valence-corrected chi connectivity index (χ2v) is 10.1. The van der Waals surface area contributed by atoms with Crippen molar-refractivity contribution in [3.63, 3.8) is 0 Å². The molecule has 7 nitrogen and oxygen atoms in total. The number of hydrogen-bond acceptors (Lipinski definition) is 5.